The van der Waals surface area contributed by atoms with E-state index in [1.54, 1.807) is 18.2 Å². The number of nitrogens with one attached hydrogen (secondary N) is 2. The first-order chi connectivity index (χ1) is 17.0. The second-order valence-corrected chi connectivity index (χ2v) is 10.8. The van der Waals surface area contributed by atoms with Gasteiger partial charge < -0.3 is 4.79 Å². The smallest absolute Gasteiger partial charge is 0.253 e. The lowest BCUT2D eigenvalue weighted by molar-refractivity contribution is -0.120. The molecule has 1 saturated heterocycles. The molecule has 9 heteroatoms. The number of likely N-dealkylation sites (tertiary alicyclic amines) is 1. The highest BCUT2D eigenvalue weighted by Gasteiger charge is 2.30. The lowest BCUT2D eigenvalue weighted by atomic mass is 10.1. The highest BCUT2D eigenvalue weighted by Crippen LogP contribution is 2.21. The van der Waals surface area contributed by atoms with Crippen molar-refractivity contribution in [1.82, 2.24) is 19.6 Å². The topological polar surface area (TPSA) is 81.8 Å². The molecule has 0 spiro atoms. The Labute approximate surface area is 212 Å². The molecular weight excluding hydrogens is 484 g/mol. The summed E-state index contributed by atoms with van der Waals surface area (Å²) >= 11 is 5.61. The molecule has 4 rings (SSSR count). The zero-order chi connectivity index (χ0) is 24.7. The van der Waals surface area contributed by atoms with Crippen molar-refractivity contribution in [3.05, 3.63) is 77.9 Å². The minimum absolute atomic E-state index is 0.158. The van der Waals surface area contributed by atoms with E-state index in [4.69, 9.17) is 11.8 Å². The van der Waals surface area contributed by atoms with Gasteiger partial charge in [-0.05, 0) is 58.7 Å². The number of rotatable bonds is 10. The minimum atomic E-state index is -3.93. The van der Waals surface area contributed by atoms with E-state index < -0.39 is 16.2 Å². The van der Waals surface area contributed by atoms with Gasteiger partial charge in [0.05, 0.1) is 4.90 Å². The van der Waals surface area contributed by atoms with Crippen molar-refractivity contribution >= 4 is 38.9 Å². The lowest BCUT2D eigenvalue weighted by Crippen LogP contribution is -2.56. The summed E-state index contributed by atoms with van der Waals surface area (Å²) < 4.78 is 27.0. The number of carbonyl (C=O) groups is 1. The molecule has 1 unspecified atom stereocenters. The van der Waals surface area contributed by atoms with Gasteiger partial charge in [0.2, 0.25) is 0 Å². The van der Waals surface area contributed by atoms with Gasteiger partial charge in [-0.15, -0.1) is 4.83 Å². The largest absolute Gasteiger partial charge is 0.300 e. The molecule has 0 bridgehead atoms. The highest BCUT2D eigenvalue weighted by molar-refractivity contribution is 7.89. The maximum absolute atomic E-state index is 13.5. The van der Waals surface area contributed by atoms with Crippen molar-refractivity contribution in [1.29, 1.82) is 0 Å². The molecule has 0 radical (unpaired) electrons. The van der Waals surface area contributed by atoms with E-state index in [0.717, 1.165) is 67.0 Å². The Kier molecular flexibility index (Phi) is 8.89. The van der Waals surface area contributed by atoms with Crippen LogP contribution in [0.15, 0.2) is 71.6 Å². The van der Waals surface area contributed by atoms with E-state index in [9.17, 15) is 13.2 Å². The predicted molar refractivity (Wildman–Crippen MR) is 139 cm³/mol. The third-order valence-corrected chi connectivity index (χ3v) is 7.85. The summed E-state index contributed by atoms with van der Waals surface area (Å²) in [5.41, 5.74) is 1.89. The normalized spacial score (nSPS) is 16.3. The van der Waals surface area contributed by atoms with Crippen molar-refractivity contribution in [3.63, 3.8) is 0 Å². The molecule has 0 aliphatic carbocycles. The second kappa shape index (κ2) is 12.1. The molecule has 7 nitrogen and oxygen atoms in total. The number of hydrogen-bond donors (Lipinski definition) is 2. The van der Waals surface area contributed by atoms with E-state index in [1.165, 1.54) is 5.01 Å². The molecule has 0 amide bonds. The Balaban J connectivity index is 1.64. The van der Waals surface area contributed by atoms with Gasteiger partial charge in [0, 0.05) is 26.2 Å². The first-order valence-corrected chi connectivity index (χ1v) is 13.7. The minimum Gasteiger partial charge on any atom is -0.300 e. The van der Waals surface area contributed by atoms with Crippen molar-refractivity contribution in [3.8, 4) is 0 Å². The van der Waals surface area contributed by atoms with Gasteiger partial charge in [-0.2, -0.15) is 0 Å². The third-order valence-electron chi connectivity index (χ3n) is 6.37. The molecule has 3 aromatic rings. The Morgan fingerprint density at radius 1 is 0.914 bits per heavy atom. The molecule has 0 aromatic heterocycles. The first kappa shape index (κ1) is 25.8. The fraction of sp³-hybridized carbons (Fsp3) is 0.346. The average Bonchev–Trinajstić information content (AvgIpc) is 3.15. The molecule has 35 heavy (non-hydrogen) atoms. The zero-order valence-corrected chi connectivity index (χ0v) is 21.1. The zero-order valence-electron chi connectivity index (χ0n) is 19.6. The van der Waals surface area contributed by atoms with E-state index in [1.807, 2.05) is 48.5 Å². The van der Waals surface area contributed by atoms with Gasteiger partial charge in [0.1, 0.15) is 6.17 Å². The molecule has 2 N–H and O–H groups in total. The fourth-order valence-corrected chi connectivity index (χ4v) is 5.74. The van der Waals surface area contributed by atoms with Crippen LogP contribution in [0.2, 0.25) is 0 Å². The molecule has 1 fully saturated rings. The number of benzene rings is 3. The lowest BCUT2D eigenvalue weighted by Gasteiger charge is -2.35. The number of hydrogen-bond acceptors (Lipinski definition) is 6. The summed E-state index contributed by atoms with van der Waals surface area (Å²) in [4.78, 5) is 19.9. The monoisotopic (exact) mass is 514 g/mol. The molecular formula is C26H31ClN4O3S. The number of hydrazine groups is 1. The standard InChI is InChI=1S/C26H31ClN4O3S/c27-28-18-21-9-11-22(12-10-21)19-31(26(20-32)30-15-5-1-2-6-16-30)29-35(33,34)25-14-13-23-7-3-4-8-24(23)17-25/h3-4,7-14,17,20,26,28-29H,1-2,5-6,15-16,18-19H2. The summed E-state index contributed by atoms with van der Waals surface area (Å²) in [7, 11) is -3.93. The predicted octanol–water partition coefficient (Wildman–Crippen LogP) is 4.18. The van der Waals surface area contributed by atoms with Crippen LogP contribution in [0.1, 0.15) is 36.8 Å². The summed E-state index contributed by atoms with van der Waals surface area (Å²) in [6.45, 7) is 2.25. The maximum atomic E-state index is 13.5. The molecule has 0 saturated carbocycles. The van der Waals surface area contributed by atoms with Crippen molar-refractivity contribution in [2.24, 2.45) is 0 Å². The van der Waals surface area contributed by atoms with E-state index >= 15 is 0 Å². The van der Waals surface area contributed by atoms with Crippen LogP contribution in [0.3, 0.4) is 0 Å². The number of sulfonamides is 1. The highest BCUT2D eigenvalue weighted by atomic mass is 35.5. The Hall–Kier alpha value is -2.33. The van der Waals surface area contributed by atoms with Crippen LogP contribution in [0.25, 0.3) is 10.8 Å². The van der Waals surface area contributed by atoms with E-state index in [2.05, 4.69) is 14.6 Å². The maximum Gasteiger partial charge on any atom is 0.253 e. The summed E-state index contributed by atoms with van der Waals surface area (Å²) in [6.07, 6.45) is 4.31. The fourth-order valence-electron chi connectivity index (χ4n) is 4.47. The van der Waals surface area contributed by atoms with Crippen molar-refractivity contribution < 1.29 is 13.2 Å². The molecule has 1 aliphatic rings. The number of fused-ring (bicyclic) bond motifs is 1. The Bertz CT molecular complexity index is 1230. The molecule has 1 atom stereocenters. The Morgan fingerprint density at radius 3 is 2.23 bits per heavy atom. The van der Waals surface area contributed by atoms with Crippen LogP contribution in [0.5, 0.6) is 0 Å². The quantitative estimate of drug-likeness (QED) is 0.240. The second-order valence-electron chi connectivity index (χ2n) is 8.86. The molecule has 186 valence electrons. The van der Waals surface area contributed by atoms with E-state index in [0.29, 0.717) is 6.54 Å². The van der Waals surface area contributed by atoms with Gasteiger partial charge in [-0.1, -0.05) is 67.4 Å². The van der Waals surface area contributed by atoms with Gasteiger partial charge in [0.15, 0.2) is 6.29 Å². The van der Waals surface area contributed by atoms with Crippen LogP contribution in [0, 0.1) is 0 Å². The van der Waals surface area contributed by atoms with Gasteiger partial charge >= 0.3 is 0 Å². The molecule has 3 aromatic carbocycles. The first-order valence-electron chi connectivity index (χ1n) is 11.9. The van der Waals surface area contributed by atoms with Crippen LogP contribution in [-0.4, -0.2) is 43.9 Å². The van der Waals surface area contributed by atoms with Gasteiger partial charge in [-0.3, -0.25) is 4.90 Å². The number of nitrogens with zero attached hydrogens (tertiary/aromatic N) is 2. The van der Waals surface area contributed by atoms with Crippen LogP contribution >= 0.6 is 11.8 Å². The summed E-state index contributed by atoms with van der Waals surface area (Å²) in [5.74, 6) is 0. The summed E-state index contributed by atoms with van der Waals surface area (Å²) in [5, 5.41) is 3.34. The molecule has 1 aliphatic heterocycles. The number of aldehydes is 1. The van der Waals surface area contributed by atoms with Gasteiger partial charge in [-0.25, -0.2) is 18.3 Å². The van der Waals surface area contributed by atoms with Crippen molar-refractivity contribution in [2.75, 3.05) is 13.1 Å². The van der Waals surface area contributed by atoms with Crippen LogP contribution < -0.4 is 9.67 Å². The SMILES string of the molecule is O=CC(N1CCCCCC1)N(Cc1ccc(CNCl)cc1)NS(=O)(=O)c1ccc2ccccc2c1. The third kappa shape index (κ3) is 6.67. The molecule has 1 heterocycles. The number of halogens is 1. The average molecular weight is 515 g/mol. The van der Waals surface area contributed by atoms with Gasteiger partial charge in [0.25, 0.3) is 10.0 Å². The van der Waals surface area contributed by atoms with E-state index in [-0.39, 0.29) is 11.4 Å². The van der Waals surface area contributed by atoms with Crippen LogP contribution in [-0.2, 0) is 27.9 Å². The number of carbonyl (C=O) groups excluding carboxylic acids is 1. The van der Waals surface area contributed by atoms with Crippen LogP contribution in [0.4, 0.5) is 0 Å². The summed E-state index contributed by atoms with van der Waals surface area (Å²) in [6, 6.07) is 20.4. The Morgan fingerprint density at radius 2 is 1.57 bits per heavy atom. The van der Waals surface area contributed by atoms with Crippen molar-refractivity contribution in [2.45, 2.75) is 49.8 Å².